The second-order valence-corrected chi connectivity index (χ2v) is 7.77. The van der Waals surface area contributed by atoms with Gasteiger partial charge in [0.15, 0.2) is 0 Å². The molecule has 18 heavy (non-hydrogen) atoms. The van der Waals surface area contributed by atoms with Crippen molar-refractivity contribution in [1.29, 1.82) is 0 Å². The molecule has 1 aromatic rings. The number of hydrogen-bond acceptors (Lipinski definition) is 3. The zero-order valence-electron chi connectivity index (χ0n) is 11.0. The van der Waals surface area contributed by atoms with E-state index >= 15 is 0 Å². The molecule has 100 valence electrons. The van der Waals surface area contributed by atoms with E-state index < -0.39 is 11.4 Å². The van der Waals surface area contributed by atoms with Crippen LogP contribution in [0.5, 0.6) is 0 Å². The van der Waals surface area contributed by atoms with Crippen molar-refractivity contribution in [1.82, 2.24) is 4.98 Å². The number of aryl methyl sites for hydroxylation is 1. The van der Waals surface area contributed by atoms with E-state index in [4.69, 9.17) is 0 Å². The van der Waals surface area contributed by atoms with Crippen molar-refractivity contribution < 1.29 is 4.55 Å². The van der Waals surface area contributed by atoms with Gasteiger partial charge in [0.05, 0.1) is 6.21 Å². The Labute approximate surface area is 121 Å². The maximum absolute atomic E-state index is 11.6. The molecule has 0 fully saturated rings. The average Bonchev–Trinajstić information content (AvgIpc) is 2.27. The number of unbranched alkanes of at least 4 members (excludes halogenated alkanes) is 1. The Morgan fingerprint density at radius 2 is 2.22 bits per heavy atom. The molecule has 0 bridgehead atoms. The lowest BCUT2D eigenvalue weighted by Crippen LogP contribution is -2.25. The third kappa shape index (κ3) is 5.98. The number of pyridine rings is 1. The lowest BCUT2D eigenvalue weighted by molar-refractivity contribution is 0.561. The predicted molar refractivity (Wildman–Crippen MR) is 81.3 cm³/mol. The fraction of sp³-hybridized carbons (Fsp3) is 0.538. The van der Waals surface area contributed by atoms with Crippen LogP contribution in [0.25, 0.3) is 0 Å². The molecular formula is C13H19BrN2OS. The number of hydrogen-bond donors (Lipinski definition) is 0. The van der Waals surface area contributed by atoms with E-state index in [9.17, 15) is 4.55 Å². The Balaban J connectivity index is 2.29. The van der Waals surface area contributed by atoms with E-state index in [1.165, 1.54) is 5.56 Å². The second-order valence-electron chi connectivity index (χ2n) is 5.03. The highest BCUT2D eigenvalue weighted by molar-refractivity contribution is 9.10. The molecule has 1 heterocycles. The smallest absolute Gasteiger partial charge is 0.144 e. The van der Waals surface area contributed by atoms with E-state index in [1.807, 2.05) is 32.9 Å². The summed E-state index contributed by atoms with van der Waals surface area (Å²) in [5.74, 6) is 0. The van der Waals surface area contributed by atoms with Gasteiger partial charge < -0.3 is 4.55 Å². The van der Waals surface area contributed by atoms with Gasteiger partial charge >= 0.3 is 0 Å². The normalized spacial score (nSPS) is 14.1. The monoisotopic (exact) mass is 330 g/mol. The van der Waals surface area contributed by atoms with E-state index in [0.717, 1.165) is 23.9 Å². The van der Waals surface area contributed by atoms with Gasteiger partial charge in [0, 0.05) is 6.20 Å². The highest BCUT2D eigenvalue weighted by atomic mass is 79.9. The summed E-state index contributed by atoms with van der Waals surface area (Å²) >= 11 is 2.21. The topological polar surface area (TPSA) is 48.3 Å². The minimum Gasteiger partial charge on any atom is -0.591 e. The molecule has 0 radical (unpaired) electrons. The van der Waals surface area contributed by atoms with Crippen molar-refractivity contribution in [3.8, 4) is 0 Å². The molecule has 0 saturated carbocycles. The van der Waals surface area contributed by atoms with Gasteiger partial charge in [0.1, 0.15) is 20.7 Å². The van der Waals surface area contributed by atoms with Gasteiger partial charge in [-0.3, -0.25) is 0 Å². The summed E-state index contributed by atoms with van der Waals surface area (Å²) in [5.41, 5.74) is 1.25. The fourth-order valence-electron chi connectivity index (χ4n) is 1.27. The van der Waals surface area contributed by atoms with Crippen LogP contribution in [0.4, 0.5) is 0 Å². The molecule has 0 unspecified atom stereocenters. The Morgan fingerprint density at radius 1 is 1.50 bits per heavy atom. The first-order valence-corrected chi connectivity index (χ1v) is 7.84. The molecule has 0 aliphatic carbocycles. The largest absolute Gasteiger partial charge is 0.591 e. The first-order valence-electron chi connectivity index (χ1n) is 5.94. The molecule has 1 rings (SSSR count). The molecule has 0 aromatic carbocycles. The standard InChI is InChI=1S/C13H19BrN2OS/c1-13(2,3)18(17)16-8-5-4-6-11-7-9-15-12(14)10-11/h7-10H,4-6H2,1-3H3/b16-8+/t18-/m1/s1. The van der Waals surface area contributed by atoms with Crippen LogP contribution in [0.2, 0.25) is 0 Å². The lowest BCUT2D eigenvalue weighted by Gasteiger charge is -2.17. The zero-order chi connectivity index (χ0) is 13.6. The summed E-state index contributed by atoms with van der Waals surface area (Å²) in [4.78, 5) is 4.08. The first kappa shape index (κ1) is 15.7. The number of rotatable bonds is 5. The van der Waals surface area contributed by atoms with Crippen molar-refractivity contribution in [3.05, 3.63) is 28.5 Å². The Kier molecular flexibility index (Phi) is 6.32. The highest BCUT2D eigenvalue weighted by Gasteiger charge is 2.25. The molecule has 0 aliphatic heterocycles. The Hall–Kier alpha value is -0.390. The van der Waals surface area contributed by atoms with Crippen LogP contribution in [0, 0.1) is 0 Å². The van der Waals surface area contributed by atoms with Crippen molar-refractivity contribution >= 4 is 33.5 Å². The van der Waals surface area contributed by atoms with Crippen molar-refractivity contribution in [2.75, 3.05) is 0 Å². The van der Waals surface area contributed by atoms with Crippen LogP contribution < -0.4 is 0 Å². The van der Waals surface area contributed by atoms with E-state index in [-0.39, 0.29) is 4.75 Å². The molecule has 0 spiro atoms. The quantitative estimate of drug-likeness (QED) is 0.357. The SMILES string of the molecule is CC(C)(C)[S@@+]([O-])/N=C/CCCc1ccnc(Br)c1. The Bertz CT molecular complexity index is 404. The van der Waals surface area contributed by atoms with Crippen LogP contribution in [0.15, 0.2) is 27.3 Å². The van der Waals surface area contributed by atoms with Gasteiger partial charge in [-0.05, 0) is 73.7 Å². The minimum absolute atomic E-state index is 0.271. The van der Waals surface area contributed by atoms with Gasteiger partial charge in [-0.2, -0.15) is 0 Å². The molecule has 3 nitrogen and oxygen atoms in total. The maximum Gasteiger partial charge on any atom is 0.144 e. The zero-order valence-corrected chi connectivity index (χ0v) is 13.4. The molecule has 1 atom stereocenters. The van der Waals surface area contributed by atoms with Gasteiger partial charge in [-0.25, -0.2) is 4.98 Å². The molecule has 0 N–H and O–H groups in total. The molecule has 5 heteroatoms. The third-order valence-electron chi connectivity index (χ3n) is 2.28. The summed E-state index contributed by atoms with van der Waals surface area (Å²) in [6.45, 7) is 5.78. The van der Waals surface area contributed by atoms with Crippen molar-refractivity contribution in [3.63, 3.8) is 0 Å². The number of halogens is 1. The molecule has 1 aromatic heterocycles. The lowest BCUT2D eigenvalue weighted by atomic mass is 10.1. The second kappa shape index (κ2) is 7.26. The third-order valence-corrected chi connectivity index (χ3v) is 4.11. The predicted octanol–water partition coefficient (Wildman–Crippen LogP) is 3.70. The summed E-state index contributed by atoms with van der Waals surface area (Å²) in [6, 6.07) is 4.03. The highest BCUT2D eigenvalue weighted by Crippen LogP contribution is 2.16. The summed E-state index contributed by atoms with van der Waals surface area (Å²) < 4.78 is 16.3. The van der Waals surface area contributed by atoms with Crippen LogP contribution >= 0.6 is 15.9 Å². The van der Waals surface area contributed by atoms with Gasteiger partial charge in [0.25, 0.3) is 0 Å². The number of aromatic nitrogens is 1. The average molecular weight is 331 g/mol. The van der Waals surface area contributed by atoms with E-state index in [2.05, 4.69) is 25.3 Å². The molecular weight excluding hydrogens is 312 g/mol. The summed E-state index contributed by atoms with van der Waals surface area (Å²) in [7, 11) is 0. The fourth-order valence-corrected chi connectivity index (χ4v) is 2.24. The van der Waals surface area contributed by atoms with Crippen molar-refractivity contribution in [2.45, 2.75) is 44.8 Å². The van der Waals surface area contributed by atoms with Gasteiger partial charge in [0.2, 0.25) is 0 Å². The van der Waals surface area contributed by atoms with Gasteiger partial charge in [-0.15, -0.1) is 0 Å². The van der Waals surface area contributed by atoms with Crippen LogP contribution in [-0.2, 0) is 17.8 Å². The van der Waals surface area contributed by atoms with Crippen LogP contribution in [-0.4, -0.2) is 20.5 Å². The van der Waals surface area contributed by atoms with E-state index in [0.29, 0.717) is 0 Å². The maximum atomic E-state index is 11.6. The Morgan fingerprint density at radius 3 is 2.83 bits per heavy atom. The summed E-state index contributed by atoms with van der Waals surface area (Å²) in [6.07, 6.45) is 6.40. The van der Waals surface area contributed by atoms with Crippen molar-refractivity contribution in [2.24, 2.45) is 4.40 Å². The van der Waals surface area contributed by atoms with Gasteiger partial charge in [-0.1, -0.05) is 4.40 Å². The summed E-state index contributed by atoms with van der Waals surface area (Å²) in [5, 5.41) is 0. The molecule has 0 saturated heterocycles. The molecule has 0 aliphatic rings. The molecule has 0 amide bonds. The number of nitrogens with zero attached hydrogens (tertiary/aromatic N) is 2. The van der Waals surface area contributed by atoms with E-state index in [1.54, 1.807) is 12.4 Å². The van der Waals surface area contributed by atoms with Crippen LogP contribution in [0.3, 0.4) is 0 Å². The van der Waals surface area contributed by atoms with Crippen LogP contribution in [0.1, 0.15) is 39.2 Å². The minimum atomic E-state index is -1.14. The first-order chi connectivity index (χ1) is 8.39.